The molecule has 1 saturated heterocycles. The summed E-state index contributed by atoms with van der Waals surface area (Å²) in [5, 5.41) is 16.7. The van der Waals surface area contributed by atoms with E-state index >= 15 is 0 Å². The molecule has 16 heavy (non-hydrogen) atoms. The van der Waals surface area contributed by atoms with E-state index in [0.717, 1.165) is 4.90 Å². The van der Waals surface area contributed by atoms with E-state index in [9.17, 15) is 19.1 Å². The van der Waals surface area contributed by atoms with Crippen molar-refractivity contribution >= 4 is 19.8 Å². The van der Waals surface area contributed by atoms with Gasteiger partial charge in [-0.15, -0.1) is 0 Å². The number of rotatable bonds is 4. The van der Waals surface area contributed by atoms with Gasteiger partial charge in [-0.3, -0.25) is 5.41 Å². The van der Waals surface area contributed by atoms with E-state index in [4.69, 9.17) is 10.5 Å². The van der Waals surface area contributed by atoms with E-state index in [-0.39, 0.29) is 13.1 Å². The van der Waals surface area contributed by atoms with Crippen molar-refractivity contribution in [2.24, 2.45) is 0 Å². The third-order valence-electron chi connectivity index (χ3n) is 2.08. The number of carboxylic acids is 1. The van der Waals surface area contributed by atoms with Gasteiger partial charge in [-0.2, -0.15) is 0 Å². The first-order valence-electron chi connectivity index (χ1n) is 4.29. The number of aliphatic carboxylic acids is 1. The summed E-state index contributed by atoms with van der Waals surface area (Å²) in [5.41, 5.74) is 0. The first-order valence-corrected chi connectivity index (χ1v) is 5.76. The minimum Gasteiger partial charge on any atom is -0.788 e. The zero-order chi connectivity index (χ0) is 12.5. The third-order valence-corrected chi connectivity index (χ3v) is 2.47. The van der Waals surface area contributed by atoms with Crippen LogP contribution >= 0.6 is 7.82 Å². The van der Waals surface area contributed by atoms with Gasteiger partial charge >= 0.3 is 5.97 Å². The molecule has 0 saturated carbocycles. The summed E-state index contributed by atoms with van der Waals surface area (Å²) in [7, 11) is -5.22. The molecule has 1 unspecified atom stereocenters. The largest absolute Gasteiger partial charge is 0.788 e. The normalized spacial score (nSPS) is 19.1. The molecule has 10 heteroatoms. The molecule has 1 aliphatic rings. The van der Waals surface area contributed by atoms with Gasteiger partial charge in [0.05, 0.1) is 14.4 Å². The van der Waals surface area contributed by atoms with Crippen molar-refractivity contribution < 1.29 is 28.9 Å². The Morgan fingerprint density at radius 1 is 1.62 bits per heavy atom. The van der Waals surface area contributed by atoms with Gasteiger partial charge in [-0.1, -0.05) is 0 Å². The Balaban J connectivity index is 2.68. The van der Waals surface area contributed by atoms with Crippen LogP contribution in [0.25, 0.3) is 0 Å². The van der Waals surface area contributed by atoms with Crippen LogP contribution in [0, 0.1) is 5.41 Å². The van der Waals surface area contributed by atoms with Crippen molar-refractivity contribution in [3.8, 4) is 0 Å². The van der Waals surface area contributed by atoms with Crippen LogP contribution in [-0.4, -0.2) is 46.1 Å². The molecule has 0 bridgehead atoms. The van der Waals surface area contributed by atoms with E-state index < -0.39 is 25.8 Å². The second kappa shape index (κ2) is 4.38. The molecule has 92 valence electrons. The van der Waals surface area contributed by atoms with E-state index in [2.05, 4.69) is 4.62 Å². The van der Waals surface area contributed by atoms with E-state index in [0.29, 0.717) is 5.06 Å². The fourth-order valence-corrected chi connectivity index (χ4v) is 1.66. The van der Waals surface area contributed by atoms with Crippen molar-refractivity contribution in [3.63, 3.8) is 0 Å². The smallest absolute Gasteiger partial charge is 0.326 e. The minimum absolute atomic E-state index is 0.0507. The minimum atomic E-state index is -5.22. The number of nitrogens with zero attached hydrogens (tertiary/aromatic N) is 2. The van der Waals surface area contributed by atoms with Crippen molar-refractivity contribution in [1.82, 2.24) is 9.96 Å². The van der Waals surface area contributed by atoms with Crippen LogP contribution in [0.3, 0.4) is 0 Å². The van der Waals surface area contributed by atoms with Gasteiger partial charge in [0, 0.05) is 6.54 Å². The van der Waals surface area contributed by atoms with Gasteiger partial charge in [0.1, 0.15) is 6.04 Å². The highest BCUT2D eigenvalue weighted by molar-refractivity contribution is 7.43. The molecule has 1 atom stereocenters. The number of carbonyl (C=O) groups is 1. The molecule has 0 aromatic carbocycles. The standard InChI is InChI=1S/C6H12N3O6P/c1-4(5(10)11)8-2-3-9(6(8)7)15-16(12,13)14/h4,7H,2-3H2,1H3,(H,10,11)(H2,12,13,14)/p-2. The maximum atomic E-state index is 10.6. The lowest BCUT2D eigenvalue weighted by Crippen LogP contribution is -2.42. The number of hydrogen-bond acceptors (Lipinski definition) is 6. The number of phosphoric acid groups is 1. The number of guanidine groups is 1. The van der Waals surface area contributed by atoms with Crippen molar-refractivity contribution in [3.05, 3.63) is 0 Å². The molecule has 0 aliphatic carbocycles. The Hall–Kier alpha value is -1.15. The molecular weight excluding hydrogens is 241 g/mol. The Morgan fingerprint density at radius 2 is 2.19 bits per heavy atom. The highest BCUT2D eigenvalue weighted by Gasteiger charge is 2.33. The topological polar surface area (TPSA) is 140 Å². The van der Waals surface area contributed by atoms with Gasteiger partial charge < -0.3 is 24.4 Å². The van der Waals surface area contributed by atoms with Gasteiger partial charge in [0.2, 0.25) is 5.96 Å². The predicted molar refractivity (Wildman–Crippen MR) is 46.9 cm³/mol. The zero-order valence-electron chi connectivity index (χ0n) is 8.32. The second-order valence-corrected chi connectivity index (χ2v) is 4.22. The molecule has 0 radical (unpaired) electrons. The van der Waals surface area contributed by atoms with Crippen LogP contribution in [0.5, 0.6) is 0 Å². The lowest BCUT2D eigenvalue weighted by atomic mass is 10.3. The van der Waals surface area contributed by atoms with Gasteiger partial charge in [0.25, 0.3) is 0 Å². The Labute approximate surface area is 90.9 Å². The van der Waals surface area contributed by atoms with Crippen molar-refractivity contribution in [1.29, 1.82) is 5.41 Å². The number of carboxylic acid groups (broad SMARTS) is 1. The van der Waals surface area contributed by atoms with Crippen molar-refractivity contribution in [2.75, 3.05) is 13.1 Å². The molecule has 0 spiro atoms. The van der Waals surface area contributed by atoms with Gasteiger partial charge in [0.15, 0.2) is 0 Å². The van der Waals surface area contributed by atoms with Gasteiger partial charge in [-0.25, -0.2) is 14.5 Å². The molecule has 1 rings (SSSR count). The molecule has 1 fully saturated rings. The average molecular weight is 251 g/mol. The zero-order valence-corrected chi connectivity index (χ0v) is 9.22. The lowest BCUT2D eigenvalue weighted by molar-refractivity contribution is -0.356. The summed E-state index contributed by atoms with van der Waals surface area (Å²) in [4.78, 5) is 32.4. The fourth-order valence-electron chi connectivity index (χ4n) is 1.26. The monoisotopic (exact) mass is 251 g/mol. The fraction of sp³-hybridized carbons (Fsp3) is 0.667. The maximum Gasteiger partial charge on any atom is 0.326 e. The molecule has 0 aromatic rings. The predicted octanol–water partition coefficient (Wildman–Crippen LogP) is -2.23. The molecule has 1 heterocycles. The van der Waals surface area contributed by atoms with Crippen LogP contribution < -0.4 is 9.79 Å². The first kappa shape index (κ1) is 12.9. The SMILES string of the molecule is CC(C(=O)O)N1CCN(OP(=O)([O-])[O-])C1=N. The summed E-state index contributed by atoms with van der Waals surface area (Å²) in [5.74, 6) is -1.61. The maximum absolute atomic E-state index is 10.6. The van der Waals surface area contributed by atoms with Crippen LogP contribution in [0.4, 0.5) is 0 Å². The lowest BCUT2D eigenvalue weighted by Gasteiger charge is -2.33. The summed E-state index contributed by atoms with van der Waals surface area (Å²) in [6, 6.07) is -0.987. The van der Waals surface area contributed by atoms with Gasteiger partial charge in [-0.05, 0) is 6.92 Å². The first-order chi connectivity index (χ1) is 7.22. The van der Waals surface area contributed by atoms with Crippen LogP contribution in [0.1, 0.15) is 6.92 Å². The van der Waals surface area contributed by atoms with Crippen molar-refractivity contribution in [2.45, 2.75) is 13.0 Å². The molecule has 9 nitrogen and oxygen atoms in total. The Morgan fingerprint density at radius 3 is 2.62 bits per heavy atom. The third kappa shape index (κ3) is 2.92. The molecule has 0 aromatic heterocycles. The molecule has 0 amide bonds. The highest BCUT2D eigenvalue weighted by Crippen LogP contribution is 2.29. The van der Waals surface area contributed by atoms with E-state index in [1.165, 1.54) is 6.92 Å². The van der Waals surface area contributed by atoms with Crippen LogP contribution in [0.2, 0.25) is 0 Å². The average Bonchev–Trinajstić information content (AvgIpc) is 2.44. The quantitative estimate of drug-likeness (QED) is 0.535. The summed E-state index contributed by atoms with van der Waals surface area (Å²) in [6.45, 7) is 1.39. The number of nitrogens with one attached hydrogen (secondary N) is 1. The van der Waals surface area contributed by atoms with Crippen LogP contribution in [-0.2, 0) is 14.0 Å². The Bertz CT molecular complexity index is 354. The summed E-state index contributed by atoms with van der Waals surface area (Å²) < 4.78 is 14.3. The van der Waals surface area contributed by atoms with Crippen LogP contribution in [0.15, 0.2) is 0 Å². The molecule has 1 aliphatic heterocycles. The number of hydroxylamine groups is 2. The van der Waals surface area contributed by atoms with E-state index in [1.54, 1.807) is 0 Å². The summed E-state index contributed by atoms with van der Waals surface area (Å²) >= 11 is 0. The highest BCUT2D eigenvalue weighted by atomic mass is 31.2. The second-order valence-electron chi connectivity index (χ2n) is 3.16. The van der Waals surface area contributed by atoms with E-state index in [1.807, 2.05) is 0 Å². The summed E-state index contributed by atoms with van der Waals surface area (Å²) in [6.07, 6.45) is 0. The molecular formula is C6H10N3O6P-2. The Kier molecular flexibility index (Phi) is 3.54. The molecule has 2 N–H and O–H groups in total. The number of hydrogen-bond donors (Lipinski definition) is 2.